The van der Waals surface area contributed by atoms with E-state index >= 15 is 0 Å². The average Bonchev–Trinajstić information content (AvgIpc) is 2.20. The Labute approximate surface area is 120 Å². The Hall–Kier alpha value is -0.885. The SMILES string of the molecule is CC(O)C(=O)O.O=C(O)c1cccnc1.[Cr].[Cr]. The van der Waals surface area contributed by atoms with E-state index in [-0.39, 0.29) is 40.3 Å². The Morgan fingerprint density at radius 2 is 1.76 bits per heavy atom. The first-order chi connectivity index (χ1) is 6.95. The number of hydrogen-bond donors (Lipinski definition) is 3. The van der Waals surface area contributed by atoms with Crippen LogP contribution in [-0.2, 0) is 39.5 Å². The van der Waals surface area contributed by atoms with Crippen molar-refractivity contribution in [3.63, 3.8) is 0 Å². The van der Waals surface area contributed by atoms with Crippen molar-refractivity contribution in [3.05, 3.63) is 30.1 Å². The Morgan fingerprint density at radius 1 is 1.29 bits per heavy atom. The minimum absolute atomic E-state index is 0. The number of carbonyl (C=O) groups is 2. The van der Waals surface area contributed by atoms with Crippen LogP contribution in [0.4, 0.5) is 0 Å². The van der Waals surface area contributed by atoms with Gasteiger partial charge in [0.2, 0.25) is 0 Å². The molecule has 0 saturated carbocycles. The van der Waals surface area contributed by atoms with Gasteiger partial charge in [-0.15, -0.1) is 0 Å². The van der Waals surface area contributed by atoms with Crippen LogP contribution in [0.15, 0.2) is 24.5 Å². The zero-order chi connectivity index (χ0) is 11.8. The number of carboxylic acids is 2. The van der Waals surface area contributed by atoms with Gasteiger partial charge >= 0.3 is 11.9 Å². The van der Waals surface area contributed by atoms with Crippen molar-refractivity contribution in [2.45, 2.75) is 13.0 Å². The number of carboxylic acid groups (broad SMARTS) is 2. The normalized spacial score (nSPS) is 9.53. The predicted molar refractivity (Wildman–Crippen MR) is 50.5 cm³/mol. The summed E-state index contributed by atoms with van der Waals surface area (Å²) in [5.41, 5.74) is 0.220. The van der Waals surface area contributed by atoms with Crippen LogP contribution in [0.1, 0.15) is 17.3 Å². The molecule has 0 aliphatic carbocycles. The van der Waals surface area contributed by atoms with E-state index in [1.807, 2.05) is 0 Å². The number of aromatic nitrogens is 1. The molecule has 1 aromatic heterocycles. The summed E-state index contributed by atoms with van der Waals surface area (Å²) in [6.07, 6.45) is 1.61. The van der Waals surface area contributed by atoms with Crippen LogP contribution in [0, 0.1) is 0 Å². The summed E-state index contributed by atoms with van der Waals surface area (Å²) in [5.74, 6) is -2.13. The molecular formula is C9H11Cr2NO5. The second-order valence-corrected chi connectivity index (χ2v) is 2.56. The zero-order valence-corrected chi connectivity index (χ0v) is 11.4. The Bertz CT molecular complexity index is 331. The largest absolute Gasteiger partial charge is 0.479 e. The molecule has 0 fully saturated rings. The quantitative estimate of drug-likeness (QED) is 0.720. The number of hydrogen-bond acceptors (Lipinski definition) is 4. The fraction of sp³-hybridized carbons (Fsp3) is 0.222. The van der Waals surface area contributed by atoms with Crippen LogP contribution < -0.4 is 0 Å². The van der Waals surface area contributed by atoms with Crippen molar-refractivity contribution in [2.75, 3.05) is 0 Å². The average molecular weight is 317 g/mol. The van der Waals surface area contributed by atoms with Gasteiger partial charge in [0.1, 0.15) is 6.10 Å². The van der Waals surface area contributed by atoms with Gasteiger partial charge in [0.15, 0.2) is 0 Å². The van der Waals surface area contributed by atoms with Gasteiger partial charge in [-0.2, -0.15) is 0 Å². The molecule has 0 saturated heterocycles. The van der Waals surface area contributed by atoms with Gasteiger partial charge in [-0.3, -0.25) is 4.98 Å². The van der Waals surface area contributed by atoms with Crippen molar-refractivity contribution < 1.29 is 59.6 Å². The number of aliphatic hydroxyl groups is 1. The molecule has 1 rings (SSSR count). The third-order valence-corrected chi connectivity index (χ3v) is 1.27. The Kier molecular flexibility index (Phi) is 14.6. The third kappa shape index (κ3) is 11.4. The molecule has 0 aliphatic rings. The van der Waals surface area contributed by atoms with E-state index in [4.69, 9.17) is 15.3 Å². The first kappa shape index (κ1) is 21.4. The molecule has 17 heavy (non-hydrogen) atoms. The number of aliphatic carboxylic acids is 1. The van der Waals surface area contributed by atoms with E-state index in [9.17, 15) is 9.59 Å². The van der Waals surface area contributed by atoms with Crippen LogP contribution in [0.3, 0.4) is 0 Å². The molecule has 1 unspecified atom stereocenters. The van der Waals surface area contributed by atoms with Crippen LogP contribution >= 0.6 is 0 Å². The van der Waals surface area contributed by atoms with Gasteiger partial charge < -0.3 is 15.3 Å². The second kappa shape index (κ2) is 11.6. The van der Waals surface area contributed by atoms with Crippen LogP contribution in [0.25, 0.3) is 0 Å². The maximum Gasteiger partial charge on any atom is 0.337 e. The first-order valence-corrected chi connectivity index (χ1v) is 3.99. The molecule has 6 nitrogen and oxygen atoms in total. The Morgan fingerprint density at radius 3 is 1.94 bits per heavy atom. The third-order valence-electron chi connectivity index (χ3n) is 1.27. The van der Waals surface area contributed by atoms with Gasteiger partial charge in [-0.1, -0.05) is 0 Å². The molecule has 1 aromatic rings. The topological polar surface area (TPSA) is 108 Å². The summed E-state index contributed by atoms with van der Waals surface area (Å²) in [7, 11) is 0. The molecule has 0 aromatic carbocycles. The second-order valence-electron chi connectivity index (χ2n) is 2.56. The molecule has 1 atom stereocenters. The number of rotatable bonds is 2. The van der Waals surface area contributed by atoms with Gasteiger partial charge in [0.05, 0.1) is 5.56 Å². The fourth-order valence-electron chi connectivity index (χ4n) is 0.489. The summed E-state index contributed by atoms with van der Waals surface area (Å²) in [6.45, 7) is 1.20. The van der Waals surface area contributed by atoms with Gasteiger partial charge in [-0.05, 0) is 19.1 Å². The van der Waals surface area contributed by atoms with E-state index in [0.717, 1.165) is 0 Å². The smallest absolute Gasteiger partial charge is 0.337 e. The molecular weight excluding hydrogens is 306 g/mol. The van der Waals surface area contributed by atoms with Crippen LogP contribution in [0.5, 0.6) is 0 Å². The van der Waals surface area contributed by atoms with E-state index in [2.05, 4.69) is 4.98 Å². The van der Waals surface area contributed by atoms with Gasteiger partial charge in [0.25, 0.3) is 0 Å². The molecule has 94 valence electrons. The minimum Gasteiger partial charge on any atom is -0.479 e. The van der Waals surface area contributed by atoms with Crippen LogP contribution in [-0.4, -0.2) is 38.3 Å². The standard InChI is InChI=1S/C6H5NO2.C3H6O3.2Cr/c8-6(9)5-2-1-3-7-4-5;1-2(4)3(5)6;;/h1-4H,(H,8,9);2,4H,1H3,(H,5,6);;. The van der Waals surface area contributed by atoms with Gasteiger partial charge in [0, 0.05) is 47.1 Å². The summed E-state index contributed by atoms with van der Waals surface area (Å²) in [6, 6.07) is 3.08. The zero-order valence-electron chi connectivity index (χ0n) is 8.81. The van der Waals surface area contributed by atoms with E-state index in [0.29, 0.717) is 0 Å². The fourth-order valence-corrected chi connectivity index (χ4v) is 0.489. The molecule has 8 heteroatoms. The first-order valence-electron chi connectivity index (χ1n) is 3.99. The summed E-state index contributed by atoms with van der Waals surface area (Å²) in [5, 5.41) is 24.1. The van der Waals surface area contributed by atoms with E-state index < -0.39 is 18.0 Å². The maximum absolute atomic E-state index is 10.2. The minimum atomic E-state index is -1.23. The van der Waals surface area contributed by atoms with Crippen molar-refractivity contribution in [3.8, 4) is 0 Å². The molecule has 0 amide bonds. The predicted octanol–water partition coefficient (Wildman–Crippen LogP) is 0.227. The van der Waals surface area contributed by atoms with Crippen molar-refractivity contribution >= 4 is 11.9 Å². The number of aromatic carboxylic acids is 1. The monoisotopic (exact) mass is 317 g/mol. The maximum atomic E-state index is 10.2. The molecule has 0 aliphatic heterocycles. The molecule has 1 heterocycles. The van der Waals surface area contributed by atoms with Gasteiger partial charge in [-0.25, -0.2) is 9.59 Å². The molecule has 0 spiro atoms. The number of pyridine rings is 1. The molecule has 0 bridgehead atoms. The van der Waals surface area contributed by atoms with E-state index in [1.165, 1.54) is 25.4 Å². The summed E-state index contributed by atoms with van der Waals surface area (Å²) in [4.78, 5) is 23.2. The van der Waals surface area contributed by atoms with Crippen molar-refractivity contribution in [1.29, 1.82) is 0 Å². The van der Waals surface area contributed by atoms with Crippen LogP contribution in [0.2, 0.25) is 0 Å². The Balaban J connectivity index is -0.000000221. The molecule has 3 N–H and O–H groups in total. The van der Waals surface area contributed by atoms with Crippen molar-refractivity contribution in [1.82, 2.24) is 4.98 Å². The summed E-state index contributed by atoms with van der Waals surface area (Å²) < 4.78 is 0. The molecule has 0 radical (unpaired) electrons. The number of nitrogens with zero attached hydrogens (tertiary/aromatic N) is 1. The van der Waals surface area contributed by atoms with E-state index in [1.54, 1.807) is 6.07 Å². The number of aliphatic hydroxyl groups excluding tert-OH is 1. The summed E-state index contributed by atoms with van der Waals surface area (Å²) >= 11 is 0. The van der Waals surface area contributed by atoms with Crippen molar-refractivity contribution in [2.24, 2.45) is 0 Å².